The number of carbonyl (C=O) groups is 1. The van der Waals surface area contributed by atoms with Crippen LogP contribution in [0.5, 0.6) is 0 Å². The van der Waals surface area contributed by atoms with Crippen molar-refractivity contribution in [3.05, 3.63) is 17.5 Å². The molecule has 0 bridgehead atoms. The van der Waals surface area contributed by atoms with Crippen molar-refractivity contribution in [2.75, 3.05) is 12.3 Å². The van der Waals surface area contributed by atoms with Gasteiger partial charge in [0.15, 0.2) is 5.16 Å². The first-order chi connectivity index (χ1) is 9.37. The maximum absolute atomic E-state index is 11.4. The number of nitrogens with zero attached hydrogens (tertiary/aromatic N) is 2. The molecule has 0 spiro atoms. The molecule has 0 saturated carbocycles. The van der Waals surface area contributed by atoms with Gasteiger partial charge in [-0.3, -0.25) is 4.79 Å². The number of aliphatic carboxylic acids is 1. The molecule has 0 radical (unpaired) electrons. The molecule has 0 aromatic carbocycles. The second kappa shape index (κ2) is 7.59. The van der Waals surface area contributed by atoms with Crippen LogP contribution in [0, 0.1) is 13.8 Å². The first-order valence-corrected chi connectivity index (χ1v) is 7.79. The summed E-state index contributed by atoms with van der Waals surface area (Å²) in [5.74, 6) is -0.143. The molecule has 0 aliphatic heterocycles. The molecular formula is C14H23N3O2S. The maximum Gasteiger partial charge on any atom is 0.323 e. The van der Waals surface area contributed by atoms with Crippen molar-refractivity contribution in [1.82, 2.24) is 15.3 Å². The molecule has 6 heteroatoms. The molecule has 0 aliphatic rings. The minimum atomic E-state index is -0.887. The molecule has 1 heterocycles. The van der Waals surface area contributed by atoms with E-state index in [1.807, 2.05) is 26.8 Å². The van der Waals surface area contributed by atoms with E-state index in [0.717, 1.165) is 17.8 Å². The number of carboxylic acids is 1. The lowest BCUT2D eigenvalue weighted by molar-refractivity contribution is -0.144. The summed E-state index contributed by atoms with van der Waals surface area (Å²) in [7, 11) is 0. The Balaban J connectivity index is 2.58. The molecule has 2 N–H and O–H groups in total. The Bertz CT molecular complexity index is 447. The normalized spacial score (nSPS) is 14.0. The molecule has 1 rings (SSSR count). The zero-order valence-electron chi connectivity index (χ0n) is 12.6. The van der Waals surface area contributed by atoms with Gasteiger partial charge in [-0.2, -0.15) is 0 Å². The summed E-state index contributed by atoms with van der Waals surface area (Å²) in [4.78, 5) is 20.1. The monoisotopic (exact) mass is 297 g/mol. The molecule has 112 valence electrons. The van der Waals surface area contributed by atoms with Gasteiger partial charge < -0.3 is 10.4 Å². The summed E-state index contributed by atoms with van der Waals surface area (Å²) in [6, 6.07) is 1.92. The van der Waals surface area contributed by atoms with Gasteiger partial charge in [0.2, 0.25) is 0 Å². The summed E-state index contributed by atoms with van der Waals surface area (Å²) in [6.07, 6.45) is 1.44. The zero-order valence-corrected chi connectivity index (χ0v) is 13.4. The van der Waals surface area contributed by atoms with E-state index in [2.05, 4.69) is 15.3 Å². The van der Waals surface area contributed by atoms with Gasteiger partial charge in [-0.1, -0.05) is 18.7 Å². The Hall–Kier alpha value is -1.14. The van der Waals surface area contributed by atoms with Crippen LogP contribution in [0.1, 0.15) is 38.1 Å². The number of nitrogens with one attached hydrogen (secondary N) is 1. The summed E-state index contributed by atoms with van der Waals surface area (Å²) < 4.78 is 0. The zero-order chi connectivity index (χ0) is 15.2. The molecular weight excluding hydrogens is 274 g/mol. The minimum Gasteiger partial charge on any atom is -0.480 e. The maximum atomic E-state index is 11.4. The number of rotatable bonds is 8. The Kier molecular flexibility index (Phi) is 6.42. The topological polar surface area (TPSA) is 75.1 Å². The van der Waals surface area contributed by atoms with Crippen LogP contribution in [-0.4, -0.2) is 38.9 Å². The van der Waals surface area contributed by atoms with E-state index in [9.17, 15) is 9.90 Å². The van der Waals surface area contributed by atoms with Crippen LogP contribution in [0.4, 0.5) is 0 Å². The van der Waals surface area contributed by atoms with Gasteiger partial charge in [0, 0.05) is 17.1 Å². The highest BCUT2D eigenvalue weighted by molar-refractivity contribution is 7.99. The molecule has 0 fully saturated rings. The molecule has 0 aliphatic carbocycles. The predicted octanol–water partition coefficient (Wildman–Crippen LogP) is 2.42. The second-order valence-corrected chi connectivity index (χ2v) is 6.16. The molecule has 0 amide bonds. The van der Waals surface area contributed by atoms with E-state index in [4.69, 9.17) is 0 Å². The Labute approximate surface area is 124 Å². The van der Waals surface area contributed by atoms with Gasteiger partial charge in [-0.25, -0.2) is 9.97 Å². The average molecular weight is 297 g/mol. The van der Waals surface area contributed by atoms with Crippen molar-refractivity contribution in [2.24, 2.45) is 0 Å². The van der Waals surface area contributed by atoms with E-state index < -0.39 is 11.5 Å². The molecule has 1 aromatic heterocycles. The molecule has 1 atom stereocenters. The Morgan fingerprint density at radius 3 is 2.50 bits per heavy atom. The van der Waals surface area contributed by atoms with Gasteiger partial charge in [0.05, 0.1) is 0 Å². The van der Waals surface area contributed by atoms with Crippen LogP contribution >= 0.6 is 11.8 Å². The first-order valence-electron chi connectivity index (χ1n) is 6.81. The lowest BCUT2D eigenvalue weighted by atomic mass is 9.99. The summed E-state index contributed by atoms with van der Waals surface area (Å²) >= 11 is 1.50. The van der Waals surface area contributed by atoms with E-state index in [-0.39, 0.29) is 0 Å². The lowest BCUT2D eigenvalue weighted by Crippen LogP contribution is -2.50. The van der Waals surface area contributed by atoms with Gasteiger partial charge >= 0.3 is 5.97 Å². The third kappa shape index (κ3) is 5.09. The number of aromatic nitrogens is 2. The van der Waals surface area contributed by atoms with Crippen LogP contribution in [0.3, 0.4) is 0 Å². The highest BCUT2D eigenvalue weighted by Gasteiger charge is 2.31. The number of thioether (sulfide) groups is 1. The van der Waals surface area contributed by atoms with Crippen LogP contribution in [0.2, 0.25) is 0 Å². The molecule has 20 heavy (non-hydrogen) atoms. The minimum absolute atomic E-state index is 0.531. The van der Waals surface area contributed by atoms with Gasteiger partial charge in [-0.15, -0.1) is 0 Å². The van der Waals surface area contributed by atoms with Crippen LogP contribution < -0.4 is 5.32 Å². The smallest absolute Gasteiger partial charge is 0.323 e. The predicted molar refractivity (Wildman–Crippen MR) is 81.2 cm³/mol. The average Bonchev–Trinajstić information content (AvgIpc) is 2.35. The fourth-order valence-electron chi connectivity index (χ4n) is 1.78. The van der Waals surface area contributed by atoms with Crippen LogP contribution in [-0.2, 0) is 4.79 Å². The number of carboxylic acid groups (broad SMARTS) is 1. The second-order valence-electron chi connectivity index (χ2n) is 5.10. The Morgan fingerprint density at radius 1 is 1.40 bits per heavy atom. The quantitative estimate of drug-likeness (QED) is 0.567. The van der Waals surface area contributed by atoms with Gasteiger partial charge in [-0.05, 0) is 46.2 Å². The SMILES string of the molecule is CCCNC(C)(CCSc1nc(C)cc(C)n1)C(=O)O. The van der Waals surface area contributed by atoms with Crippen LogP contribution in [0.25, 0.3) is 0 Å². The number of aryl methyl sites for hydroxylation is 2. The van der Waals surface area contributed by atoms with Gasteiger partial charge in [0.25, 0.3) is 0 Å². The highest BCUT2D eigenvalue weighted by Crippen LogP contribution is 2.20. The number of hydrogen-bond acceptors (Lipinski definition) is 5. The molecule has 0 saturated heterocycles. The van der Waals surface area contributed by atoms with Crippen molar-refractivity contribution < 1.29 is 9.90 Å². The summed E-state index contributed by atoms with van der Waals surface area (Å²) in [5, 5.41) is 13.2. The summed E-state index contributed by atoms with van der Waals surface area (Å²) in [6.45, 7) is 8.32. The van der Waals surface area contributed by atoms with Crippen molar-refractivity contribution in [2.45, 2.75) is 51.2 Å². The first kappa shape index (κ1) is 16.9. The van der Waals surface area contributed by atoms with E-state index >= 15 is 0 Å². The van der Waals surface area contributed by atoms with Crippen molar-refractivity contribution in [1.29, 1.82) is 0 Å². The summed E-state index contributed by atoms with van der Waals surface area (Å²) in [5.41, 5.74) is 0.984. The van der Waals surface area contributed by atoms with E-state index in [1.54, 1.807) is 6.92 Å². The van der Waals surface area contributed by atoms with E-state index in [1.165, 1.54) is 11.8 Å². The van der Waals surface area contributed by atoms with Crippen LogP contribution in [0.15, 0.2) is 11.2 Å². The fourth-order valence-corrected chi connectivity index (χ4v) is 2.89. The third-order valence-corrected chi connectivity index (χ3v) is 3.88. The standard InChI is InChI=1S/C14H23N3O2S/c1-5-7-15-14(4,12(18)19)6-8-20-13-16-10(2)9-11(3)17-13/h9,15H,5-8H2,1-4H3,(H,18,19). The fraction of sp³-hybridized carbons (Fsp3) is 0.643. The molecule has 1 unspecified atom stereocenters. The van der Waals surface area contributed by atoms with Crippen molar-refractivity contribution in [3.63, 3.8) is 0 Å². The Morgan fingerprint density at radius 2 is 2.00 bits per heavy atom. The number of hydrogen-bond donors (Lipinski definition) is 2. The third-order valence-electron chi connectivity index (χ3n) is 3.03. The lowest BCUT2D eigenvalue weighted by Gasteiger charge is -2.25. The molecule has 1 aromatic rings. The van der Waals surface area contributed by atoms with Crippen molar-refractivity contribution >= 4 is 17.7 Å². The van der Waals surface area contributed by atoms with Crippen molar-refractivity contribution in [3.8, 4) is 0 Å². The highest BCUT2D eigenvalue weighted by atomic mass is 32.2. The van der Waals surface area contributed by atoms with Gasteiger partial charge in [0.1, 0.15) is 5.54 Å². The van der Waals surface area contributed by atoms with E-state index in [0.29, 0.717) is 23.9 Å². The molecule has 5 nitrogen and oxygen atoms in total. The largest absolute Gasteiger partial charge is 0.480 e.